The summed E-state index contributed by atoms with van der Waals surface area (Å²) in [5.41, 5.74) is -0.169. The van der Waals surface area contributed by atoms with E-state index in [4.69, 9.17) is 4.74 Å². The quantitative estimate of drug-likeness (QED) is 0.573. The number of hydrogen-bond acceptors (Lipinski definition) is 4. The minimum absolute atomic E-state index is 0.0105. The van der Waals surface area contributed by atoms with E-state index in [0.29, 0.717) is 12.8 Å². The highest BCUT2D eigenvalue weighted by Crippen LogP contribution is 2.68. The minimum Gasteiger partial charge on any atom is -0.465 e. The normalized spacial score (nSPS) is 41.6. The molecule has 0 aliphatic heterocycles. The van der Waals surface area contributed by atoms with Crippen molar-refractivity contribution in [2.45, 2.75) is 46.5 Å². The van der Waals surface area contributed by atoms with E-state index in [0.717, 1.165) is 12.8 Å². The zero-order valence-corrected chi connectivity index (χ0v) is 12.4. The van der Waals surface area contributed by atoms with Gasteiger partial charge in [0.1, 0.15) is 17.5 Å². The van der Waals surface area contributed by atoms with Gasteiger partial charge in [0.05, 0.1) is 6.61 Å². The highest BCUT2D eigenvalue weighted by Gasteiger charge is 2.69. The van der Waals surface area contributed by atoms with Crippen LogP contribution in [-0.4, -0.2) is 24.1 Å². The van der Waals surface area contributed by atoms with Gasteiger partial charge in [-0.05, 0) is 36.5 Å². The van der Waals surface area contributed by atoms with Crippen LogP contribution >= 0.6 is 0 Å². The lowest BCUT2D eigenvalue weighted by Crippen LogP contribution is -2.30. The highest BCUT2D eigenvalue weighted by molar-refractivity contribution is 6.04. The number of rotatable bonds is 2. The van der Waals surface area contributed by atoms with E-state index in [1.54, 1.807) is 6.92 Å². The van der Waals surface area contributed by atoms with Crippen molar-refractivity contribution >= 4 is 17.5 Å². The van der Waals surface area contributed by atoms with Crippen LogP contribution in [-0.2, 0) is 19.1 Å². The number of carbonyl (C=O) groups excluding carboxylic acids is 3. The van der Waals surface area contributed by atoms with Gasteiger partial charge in [0.25, 0.3) is 0 Å². The van der Waals surface area contributed by atoms with Crippen LogP contribution in [0.4, 0.5) is 0 Å². The Morgan fingerprint density at radius 1 is 1.30 bits per heavy atom. The Bertz CT molecular complexity index is 493. The van der Waals surface area contributed by atoms with Gasteiger partial charge in [-0.1, -0.05) is 13.8 Å². The summed E-state index contributed by atoms with van der Waals surface area (Å²) >= 11 is 0. The second kappa shape index (κ2) is 4.15. The van der Waals surface area contributed by atoms with E-state index in [1.165, 1.54) is 0 Å². The molecule has 0 bridgehead atoms. The molecule has 4 atom stereocenters. The molecule has 0 heterocycles. The largest absolute Gasteiger partial charge is 0.465 e. The first kappa shape index (κ1) is 13.8. The van der Waals surface area contributed by atoms with Crippen LogP contribution in [0.3, 0.4) is 0 Å². The number of ether oxygens (including phenoxy) is 1. The van der Waals surface area contributed by atoms with Crippen molar-refractivity contribution < 1.29 is 19.1 Å². The summed E-state index contributed by atoms with van der Waals surface area (Å²) in [6, 6.07) is 0. The lowest BCUT2D eigenvalue weighted by atomic mass is 9.72. The standard InChI is InChI=1S/C16H22O4/c1-4-20-14(19)13-9-5-11(17)10-6-15(2,3)8-16(9,10)7-12(13)18/h9-10,13H,4-8H2,1-3H3/t9-,10+,13?,16-/m1/s1. The van der Waals surface area contributed by atoms with Gasteiger partial charge in [0.2, 0.25) is 0 Å². The van der Waals surface area contributed by atoms with Crippen LogP contribution in [0.15, 0.2) is 0 Å². The lowest BCUT2D eigenvalue weighted by Gasteiger charge is -2.30. The molecule has 4 heteroatoms. The van der Waals surface area contributed by atoms with Crippen LogP contribution in [0.1, 0.15) is 46.5 Å². The van der Waals surface area contributed by atoms with Crippen molar-refractivity contribution in [3.8, 4) is 0 Å². The second-order valence-corrected chi connectivity index (χ2v) is 7.48. The Balaban J connectivity index is 1.96. The molecule has 0 aromatic carbocycles. The fraction of sp³-hybridized carbons (Fsp3) is 0.812. The topological polar surface area (TPSA) is 60.4 Å². The van der Waals surface area contributed by atoms with E-state index >= 15 is 0 Å². The smallest absolute Gasteiger partial charge is 0.316 e. The van der Waals surface area contributed by atoms with Crippen molar-refractivity contribution in [1.82, 2.24) is 0 Å². The van der Waals surface area contributed by atoms with Gasteiger partial charge in [-0.2, -0.15) is 0 Å². The van der Waals surface area contributed by atoms with Crippen molar-refractivity contribution in [3.63, 3.8) is 0 Å². The van der Waals surface area contributed by atoms with Gasteiger partial charge in [-0.3, -0.25) is 14.4 Å². The maximum absolute atomic E-state index is 12.3. The second-order valence-electron chi connectivity index (χ2n) is 7.48. The Morgan fingerprint density at radius 3 is 2.65 bits per heavy atom. The monoisotopic (exact) mass is 278 g/mol. The predicted molar refractivity (Wildman–Crippen MR) is 71.8 cm³/mol. The van der Waals surface area contributed by atoms with Gasteiger partial charge >= 0.3 is 5.97 Å². The third-order valence-electron chi connectivity index (χ3n) is 5.60. The predicted octanol–water partition coefficient (Wildman–Crippen LogP) is 2.15. The first-order valence-corrected chi connectivity index (χ1v) is 7.53. The molecule has 3 aliphatic rings. The van der Waals surface area contributed by atoms with Crippen molar-refractivity contribution in [1.29, 1.82) is 0 Å². The first-order chi connectivity index (χ1) is 9.31. The van der Waals surface area contributed by atoms with Crippen molar-refractivity contribution in [2.24, 2.45) is 28.6 Å². The summed E-state index contributed by atoms with van der Waals surface area (Å²) in [5.74, 6) is -1.01. The minimum atomic E-state index is -0.696. The highest BCUT2D eigenvalue weighted by atomic mass is 16.5. The molecule has 1 unspecified atom stereocenters. The number of esters is 1. The molecule has 3 saturated carbocycles. The molecule has 4 nitrogen and oxygen atoms in total. The molecule has 0 aromatic rings. The fourth-order valence-electron chi connectivity index (χ4n) is 5.18. The molecule has 0 aromatic heterocycles. The van der Waals surface area contributed by atoms with E-state index in [-0.39, 0.29) is 40.8 Å². The maximum Gasteiger partial charge on any atom is 0.316 e. The average molecular weight is 278 g/mol. The molecule has 20 heavy (non-hydrogen) atoms. The third kappa shape index (κ3) is 1.69. The van der Waals surface area contributed by atoms with Crippen LogP contribution in [0, 0.1) is 28.6 Å². The Morgan fingerprint density at radius 2 is 2.00 bits per heavy atom. The summed E-state index contributed by atoms with van der Waals surface area (Å²) in [6.07, 6.45) is 2.50. The molecule has 0 saturated heterocycles. The summed E-state index contributed by atoms with van der Waals surface area (Å²) in [5, 5.41) is 0. The molecule has 3 fully saturated rings. The lowest BCUT2D eigenvalue weighted by molar-refractivity contribution is -0.152. The van der Waals surface area contributed by atoms with E-state index in [1.807, 2.05) is 0 Å². The zero-order chi connectivity index (χ0) is 14.7. The van der Waals surface area contributed by atoms with Crippen LogP contribution in [0.2, 0.25) is 0 Å². The average Bonchev–Trinajstić information content (AvgIpc) is 2.81. The van der Waals surface area contributed by atoms with E-state index < -0.39 is 11.9 Å². The molecule has 0 radical (unpaired) electrons. The molecule has 1 spiro atoms. The summed E-state index contributed by atoms with van der Waals surface area (Å²) < 4.78 is 5.07. The Hall–Kier alpha value is -1.19. The van der Waals surface area contributed by atoms with Gasteiger partial charge < -0.3 is 4.74 Å². The summed E-state index contributed by atoms with van der Waals surface area (Å²) in [6.45, 7) is 6.35. The summed E-state index contributed by atoms with van der Waals surface area (Å²) in [4.78, 5) is 36.8. The number of hydrogen-bond donors (Lipinski definition) is 0. The molecule has 0 N–H and O–H groups in total. The SMILES string of the molecule is CCOC(=O)C1C(=O)C[C@]23CC(C)(C)C[C@H]2C(=O)C[C@H]13. The molecule has 3 rings (SSSR count). The number of ketones is 2. The third-order valence-corrected chi connectivity index (χ3v) is 5.60. The number of carbonyl (C=O) groups is 3. The van der Waals surface area contributed by atoms with Crippen molar-refractivity contribution in [2.75, 3.05) is 6.61 Å². The van der Waals surface area contributed by atoms with Gasteiger partial charge in [0.15, 0.2) is 0 Å². The molecular weight excluding hydrogens is 256 g/mol. The molecule has 0 amide bonds. The van der Waals surface area contributed by atoms with Crippen LogP contribution in [0.5, 0.6) is 0 Å². The van der Waals surface area contributed by atoms with E-state index in [9.17, 15) is 14.4 Å². The van der Waals surface area contributed by atoms with Crippen LogP contribution in [0.25, 0.3) is 0 Å². The summed E-state index contributed by atoms with van der Waals surface area (Å²) in [7, 11) is 0. The fourth-order valence-corrected chi connectivity index (χ4v) is 5.18. The Labute approximate surface area is 119 Å². The number of Topliss-reactive ketones (excluding diaryl/α,β-unsaturated/α-hetero) is 2. The maximum atomic E-state index is 12.3. The Kier molecular flexibility index (Phi) is 2.86. The molecular formula is C16H22O4. The first-order valence-electron chi connectivity index (χ1n) is 7.53. The van der Waals surface area contributed by atoms with Gasteiger partial charge in [-0.15, -0.1) is 0 Å². The van der Waals surface area contributed by atoms with E-state index in [2.05, 4.69) is 13.8 Å². The van der Waals surface area contributed by atoms with Crippen LogP contribution < -0.4 is 0 Å². The molecule has 3 aliphatic carbocycles. The van der Waals surface area contributed by atoms with Gasteiger partial charge in [-0.25, -0.2) is 0 Å². The van der Waals surface area contributed by atoms with Gasteiger partial charge in [0, 0.05) is 18.8 Å². The van der Waals surface area contributed by atoms with Crippen molar-refractivity contribution in [3.05, 3.63) is 0 Å². The molecule has 110 valence electrons. The zero-order valence-electron chi connectivity index (χ0n) is 12.4.